The highest BCUT2D eigenvalue weighted by Crippen LogP contribution is 2.22. The number of benzene rings is 2. The van der Waals surface area contributed by atoms with Gasteiger partial charge in [-0.1, -0.05) is 55.3 Å². The molecule has 1 heterocycles. The highest BCUT2D eigenvalue weighted by molar-refractivity contribution is 6.21. The molecule has 31 heavy (non-hydrogen) atoms. The Labute approximate surface area is 182 Å². The summed E-state index contributed by atoms with van der Waals surface area (Å²) < 4.78 is 10.6. The molecule has 7 nitrogen and oxygen atoms in total. The van der Waals surface area contributed by atoms with Gasteiger partial charge in [-0.15, -0.1) is 0 Å². The topological polar surface area (TPSA) is 84.9 Å². The fraction of sp³-hybridized carbons (Fsp3) is 0.375. The number of unbranched alkanes of at least 4 members (excludes halogenated alkanes) is 3. The second-order valence-corrected chi connectivity index (χ2v) is 7.32. The molecule has 0 saturated heterocycles. The van der Waals surface area contributed by atoms with Crippen LogP contribution in [0, 0.1) is 0 Å². The van der Waals surface area contributed by atoms with Crippen LogP contribution in [-0.4, -0.2) is 49.1 Å². The molecule has 1 aliphatic rings. The Hall–Kier alpha value is -3.19. The van der Waals surface area contributed by atoms with Crippen molar-refractivity contribution >= 4 is 17.9 Å². The Morgan fingerprint density at radius 1 is 0.806 bits per heavy atom. The molecule has 1 aliphatic heterocycles. The summed E-state index contributed by atoms with van der Waals surface area (Å²) in [7, 11) is 0. The zero-order chi connectivity index (χ0) is 21.9. The van der Waals surface area contributed by atoms with Gasteiger partial charge in [-0.3, -0.25) is 14.5 Å². The highest BCUT2D eigenvalue weighted by Gasteiger charge is 2.34. The summed E-state index contributed by atoms with van der Waals surface area (Å²) in [6.07, 6.45) is 3.08. The third-order valence-corrected chi connectivity index (χ3v) is 5.03. The standard InChI is InChI=1S/C24H28N2O5/c27-22-20-12-6-7-13-21(20)23(28)26(22)15-8-1-2-9-16-30-17-14-25-24(29)31-18-19-10-4-3-5-11-19/h3-7,10-13H,1-2,8-9,14-18H2,(H,25,29). The molecule has 0 spiro atoms. The van der Waals surface area contributed by atoms with Gasteiger partial charge in [-0.25, -0.2) is 4.79 Å². The first-order chi connectivity index (χ1) is 15.2. The quantitative estimate of drug-likeness (QED) is 0.414. The third kappa shape index (κ3) is 6.65. The number of hydrogen-bond acceptors (Lipinski definition) is 5. The number of imide groups is 1. The first kappa shape index (κ1) is 22.5. The molecule has 0 atom stereocenters. The molecule has 2 aromatic rings. The SMILES string of the molecule is O=C(NCCOCCCCCCN1C(=O)c2ccccc2C1=O)OCc1ccccc1. The Balaban J connectivity index is 1.16. The van der Waals surface area contributed by atoms with Crippen molar-refractivity contribution < 1.29 is 23.9 Å². The fourth-order valence-corrected chi connectivity index (χ4v) is 3.37. The average Bonchev–Trinajstić information content (AvgIpc) is 3.04. The maximum Gasteiger partial charge on any atom is 0.407 e. The zero-order valence-electron chi connectivity index (χ0n) is 17.5. The maximum absolute atomic E-state index is 12.3. The molecule has 0 aliphatic carbocycles. The molecule has 0 unspecified atom stereocenters. The van der Waals surface area contributed by atoms with Crippen LogP contribution < -0.4 is 5.32 Å². The van der Waals surface area contributed by atoms with Gasteiger partial charge in [0.25, 0.3) is 11.8 Å². The van der Waals surface area contributed by atoms with Crippen LogP contribution in [0.2, 0.25) is 0 Å². The van der Waals surface area contributed by atoms with E-state index in [0.29, 0.717) is 37.4 Å². The van der Waals surface area contributed by atoms with Crippen LogP contribution in [0.15, 0.2) is 54.6 Å². The van der Waals surface area contributed by atoms with Gasteiger partial charge in [0.2, 0.25) is 0 Å². The molecule has 0 radical (unpaired) electrons. The molecular weight excluding hydrogens is 396 g/mol. The predicted molar refractivity (Wildman–Crippen MR) is 116 cm³/mol. The lowest BCUT2D eigenvalue weighted by molar-refractivity contribution is 0.0650. The Morgan fingerprint density at radius 3 is 2.16 bits per heavy atom. The second kappa shape index (κ2) is 11.9. The van der Waals surface area contributed by atoms with E-state index in [9.17, 15) is 14.4 Å². The number of nitrogens with one attached hydrogen (secondary N) is 1. The summed E-state index contributed by atoms with van der Waals surface area (Å²) in [6, 6.07) is 16.5. The Morgan fingerprint density at radius 2 is 1.45 bits per heavy atom. The van der Waals surface area contributed by atoms with E-state index in [4.69, 9.17) is 9.47 Å². The third-order valence-electron chi connectivity index (χ3n) is 5.03. The van der Waals surface area contributed by atoms with Crippen molar-refractivity contribution in [1.82, 2.24) is 10.2 Å². The summed E-state index contributed by atoms with van der Waals surface area (Å²) in [4.78, 5) is 37.5. The molecule has 0 aromatic heterocycles. The van der Waals surface area contributed by atoms with Gasteiger partial charge in [0.15, 0.2) is 0 Å². The van der Waals surface area contributed by atoms with Crippen LogP contribution in [0.25, 0.3) is 0 Å². The molecular formula is C24H28N2O5. The summed E-state index contributed by atoms with van der Waals surface area (Å²) >= 11 is 0. The van der Waals surface area contributed by atoms with Crippen LogP contribution in [0.3, 0.4) is 0 Å². The lowest BCUT2D eigenvalue weighted by Gasteiger charge is -2.13. The van der Waals surface area contributed by atoms with E-state index in [0.717, 1.165) is 31.2 Å². The van der Waals surface area contributed by atoms with E-state index in [1.54, 1.807) is 24.3 Å². The lowest BCUT2D eigenvalue weighted by Crippen LogP contribution is -2.30. The number of carbonyl (C=O) groups is 3. The molecule has 0 fully saturated rings. The van der Waals surface area contributed by atoms with Crippen molar-refractivity contribution in [2.45, 2.75) is 32.3 Å². The molecule has 164 valence electrons. The Kier molecular flexibility index (Phi) is 8.60. The minimum absolute atomic E-state index is 0.196. The summed E-state index contributed by atoms with van der Waals surface area (Å²) in [6.45, 7) is 2.12. The van der Waals surface area contributed by atoms with Gasteiger partial charge in [-0.2, -0.15) is 0 Å². The summed E-state index contributed by atoms with van der Waals surface area (Å²) in [5, 5.41) is 2.66. The van der Waals surface area contributed by atoms with Crippen LogP contribution in [-0.2, 0) is 16.1 Å². The fourth-order valence-electron chi connectivity index (χ4n) is 3.37. The first-order valence-corrected chi connectivity index (χ1v) is 10.6. The molecule has 3 rings (SSSR count). The highest BCUT2D eigenvalue weighted by atomic mass is 16.5. The van der Waals surface area contributed by atoms with E-state index in [-0.39, 0.29) is 18.4 Å². The van der Waals surface area contributed by atoms with Crippen molar-refractivity contribution in [3.8, 4) is 0 Å². The number of hydrogen-bond donors (Lipinski definition) is 1. The maximum atomic E-state index is 12.3. The monoisotopic (exact) mass is 424 g/mol. The van der Waals surface area contributed by atoms with Crippen LogP contribution >= 0.6 is 0 Å². The number of nitrogens with zero attached hydrogens (tertiary/aromatic N) is 1. The number of rotatable bonds is 12. The molecule has 0 saturated carbocycles. The van der Waals surface area contributed by atoms with Gasteiger partial charge in [0, 0.05) is 19.7 Å². The van der Waals surface area contributed by atoms with E-state index in [1.165, 1.54) is 4.90 Å². The molecule has 0 bridgehead atoms. The lowest BCUT2D eigenvalue weighted by atomic mass is 10.1. The van der Waals surface area contributed by atoms with E-state index in [2.05, 4.69) is 5.32 Å². The van der Waals surface area contributed by atoms with Gasteiger partial charge in [-0.05, 0) is 30.5 Å². The van der Waals surface area contributed by atoms with E-state index >= 15 is 0 Å². The molecule has 3 amide bonds. The van der Waals surface area contributed by atoms with Crippen molar-refractivity contribution in [3.63, 3.8) is 0 Å². The zero-order valence-corrected chi connectivity index (χ0v) is 17.5. The van der Waals surface area contributed by atoms with Crippen molar-refractivity contribution in [2.75, 3.05) is 26.3 Å². The number of carbonyl (C=O) groups excluding carboxylic acids is 3. The molecule has 2 aromatic carbocycles. The Bertz CT molecular complexity index is 850. The summed E-state index contributed by atoms with van der Waals surface area (Å²) in [5.74, 6) is -0.391. The molecule has 7 heteroatoms. The van der Waals surface area contributed by atoms with Gasteiger partial charge < -0.3 is 14.8 Å². The van der Waals surface area contributed by atoms with Gasteiger partial charge >= 0.3 is 6.09 Å². The largest absolute Gasteiger partial charge is 0.445 e. The predicted octanol–water partition coefficient (Wildman–Crippen LogP) is 3.79. The van der Waals surface area contributed by atoms with E-state index in [1.807, 2.05) is 30.3 Å². The second-order valence-electron chi connectivity index (χ2n) is 7.32. The van der Waals surface area contributed by atoms with Crippen LogP contribution in [0.5, 0.6) is 0 Å². The number of ether oxygens (including phenoxy) is 2. The number of alkyl carbamates (subject to hydrolysis) is 1. The minimum Gasteiger partial charge on any atom is -0.445 e. The minimum atomic E-state index is -0.458. The van der Waals surface area contributed by atoms with E-state index < -0.39 is 6.09 Å². The smallest absolute Gasteiger partial charge is 0.407 e. The number of amides is 3. The van der Waals surface area contributed by atoms with Crippen LogP contribution in [0.1, 0.15) is 52.0 Å². The number of fused-ring (bicyclic) bond motifs is 1. The van der Waals surface area contributed by atoms with Gasteiger partial charge in [0.1, 0.15) is 6.61 Å². The van der Waals surface area contributed by atoms with Crippen molar-refractivity contribution in [2.24, 2.45) is 0 Å². The van der Waals surface area contributed by atoms with Crippen molar-refractivity contribution in [1.29, 1.82) is 0 Å². The summed E-state index contributed by atoms with van der Waals surface area (Å²) in [5.41, 5.74) is 1.94. The normalized spacial score (nSPS) is 12.7. The van der Waals surface area contributed by atoms with Gasteiger partial charge in [0.05, 0.1) is 17.7 Å². The average molecular weight is 424 g/mol. The van der Waals surface area contributed by atoms with Crippen molar-refractivity contribution in [3.05, 3.63) is 71.3 Å². The molecule has 1 N–H and O–H groups in total. The van der Waals surface area contributed by atoms with Crippen LogP contribution in [0.4, 0.5) is 4.79 Å². The first-order valence-electron chi connectivity index (χ1n) is 10.6.